The maximum absolute atomic E-state index is 12.8. The standard InChI is InChI=1S/C34H62O7Si/c1-23-18-24(41-42(14,15)30(5,6)7)19-31(8,9)34(23,35)28(37-22-36-13)20-33(12)25-21-38-32(10,11)39-26(25)16-17-27(33)40-29(2,3)4/h18-19,25-28,35H,16-17,20-22H2,1-15H3/t25-,26-,27-,28?,33-,34?/m0/s1. The summed E-state index contributed by atoms with van der Waals surface area (Å²) in [5.74, 6) is 0.279. The molecule has 3 rings (SSSR count). The zero-order valence-electron chi connectivity index (χ0n) is 29.4. The Morgan fingerprint density at radius 1 is 1.05 bits per heavy atom. The molecule has 2 fully saturated rings. The Hall–Kier alpha value is -0.743. The lowest BCUT2D eigenvalue weighted by atomic mass is 9.57. The molecule has 0 aromatic rings. The third-order valence-corrected chi connectivity index (χ3v) is 14.7. The van der Waals surface area contributed by atoms with E-state index in [1.54, 1.807) is 7.11 Å². The van der Waals surface area contributed by atoms with Gasteiger partial charge in [-0.15, -0.1) is 0 Å². The van der Waals surface area contributed by atoms with Crippen LogP contribution < -0.4 is 0 Å². The van der Waals surface area contributed by atoms with E-state index in [0.717, 1.165) is 24.2 Å². The number of ether oxygens (including phenoxy) is 5. The summed E-state index contributed by atoms with van der Waals surface area (Å²) in [7, 11) is -0.459. The van der Waals surface area contributed by atoms with Crippen molar-refractivity contribution in [2.24, 2.45) is 16.7 Å². The van der Waals surface area contributed by atoms with Crippen LogP contribution in [0.2, 0.25) is 18.1 Å². The maximum Gasteiger partial charge on any atom is 0.250 e. The molecule has 0 amide bonds. The highest BCUT2D eigenvalue weighted by Gasteiger charge is 2.60. The lowest BCUT2D eigenvalue weighted by Crippen LogP contribution is -2.63. The van der Waals surface area contributed by atoms with E-state index in [9.17, 15) is 5.11 Å². The Balaban J connectivity index is 2.05. The van der Waals surface area contributed by atoms with Crippen LogP contribution in [0.15, 0.2) is 23.5 Å². The molecule has 1 saturated heterocycles. The summed E-state index contributed by atoms with van der Waals surface area (Å²) in [6.07, 6.45) is 5.81. The van der Waals surface area contributed by atoms with Crippen LogP contribution >= 0.6 is 0 Å². The molecule has 42 heavy (non-hydrogen) atoms. The average Bonchev–Trinajstić information content (AvgIpc) is 2.79. The Bertz CT molecular complexity index is 1020. The second-order valence-corrected chi connectivity index (χ2v) is 21.5. The van der Waals surface area contributed by atoms with E-state index in [2.05, 4.69) is 81.5 Å². The van der Waals surface area contributed by atoms with Crippen molar-refractivity contribution >= 4 is 8.32 Å². The van der Waals surface area contributed by atoms with E-state index in [1.165, 1.54) is 0 Å². The number of methoxy groups -OCH3 is 1. The van der Waals surface area contributed by atoms with Gasteiger partial charge < -0.3 is 33.2 Å². The molecular weight excluding hydrogens is 548 g/mol. The van der Waals surface area contributed by atoms with Gasteiger partial charge in [0.25, 0.3) is 0 Å². The van der Waals surface area contributed by atoms with E-state index < -0.39 is 36.6 Å². The van der Waals surface area contributed by atoms with Gasteiger partial charge in [0.05, 0.1) is 36.3 Å². The van der Waals surface area contributed by atoms with Crippen molar-refractivity contribution in [3.63, 3.8) is 0 Å². The summed E-state index contributed by atoms with van der Waals surface area (Å²) < 4.78 is 38.2. The van der Waals surface area contributed by atoms with Crippen LogP contribution in [0.3, 0.4) is 0 Å². The van der Waals surface area contributed by atoms with Crippen molar-refractivity contribution in [1.29, 1.82) is 0 Å². The van der Waals surface area contributed by atoms with Crippen LogP contribution in [-0.2, 0) is 28.1 Å². The topological polar surface area (TPSA) is 75.6 Å². The molecule has 1 saturated carbocycles. The molecule has 1 N–H and O–H groups in total. The number of allylic oxidation sites excluding steroid dienone is 1. The molecule has 1 heterocycles. The molecule has 6 atom stereocenters. The zero-order valence-corrected chi connectivity index (χ0v) is 30.4. The molecule has 244 valence electrons. The van der Waals surface area contributed by atoms with Gasteiger partial charge in [-0.25, -0.2) is 0 Å². The van der Waals surface area contributed by atoms with Gasteiger partial charge in [-0.05, 0) is 96.7 Å². The van der Waals surface area contributed by atoms with Crippen molar-refractivity contribution in [3.05, 3.63) is 23.5 Å². The fourth-order valence-electron chi connectivity index (χ4n) is 6.93. The smallest absolute Gasteiger partial charge is 0.250 e. The van der Waals surface area contributed by atoms with Gasteiger partial charge >= 0.3 is 0 Å². The number of fused-ring (bicyclic) bond motifs is 1. The lowest BCUT2D eigenvalue weighted by Gasteiger charge is -2.58. The molecule has 2 unspecified atom stereocenters. The first-order valence-corrected chi connectivity index (χ1v) is 18.7. The molecule has 7 nitrogen and oxygen atoms in total. The molecule has 8 heteroatoms. The summed E-state index contributed by atoms with van der Waals surface area (Å²) in [5.41, 5.74) is -1.91. The maximum atomic E-state index is 12.8. The number of hydrogen-bond donors (Lipinski definition) is 1. The number of rotatable bonds is 9. The quantitative estimate of drug-likeness (QED) is 0.211. The first-order chi connectivity index (χ1) is 18.9. The zero-order chi connectivity index (χ0) is 32.2. The Morgan fingerprint density at radius 2 is 1.67 bits per heavy atom. The molecule has 0 aromatic carbocycles. The predicted molar refractivity (Wildman–Crippen MR) is 171 cm³/mol. The molecule has 0 radical (unpaired) electrons. The fourth-order valence-corrected chi connectivity index (χ4v) is 7.95. The van der Waals surface area contributed by atoms with E-state index >= 15 is 0 Å². The number of hydrogen-bond acceptors (Lipinski definition) is 7. The van der Waals surface area contributed by atoms with Crippen LogP contribution in [0.25, 0.3) is 0 Å². The summed E-state index contributed by atoms with van der Waals surface area (Å²) in [4.78, 5) is 0. The first-order valence-electron chi connectivity index (χ1n) is 15.8. The van der Waals surface area contributed by atoms with Crippen LogP contribution in [-0.4, -0.2) is 69.2 Å². The van der Waals surface area contributed by atoms with Gasteiger partial charge in [0.2, 0.25) is 8.32 Å². The van der Waals surface area contributed by atoms with E-state index in [-0.39, 0.29) is 35.6 Å². The average molecular weight is 611 g/mol. The number of aliphatic hydroxyl groups is 1. The molecule has 0 bridgehead atoms. The normalized spacial score (nSPS) is 34.2. The van der Waals surface area contributed by atoms with Crippen molar-refractivity contribution < 1.29 is 33.2 Å². The Morgan fingerprint density at radius 3 is 2.19 bits per heavy atom. The van der Waals surface area contributed by atoms with Crippen molar-refractivity contribution in [2.45, 2.75) is 156 Å². The van der Waals surface area contributed by atoms with Gasteiger partial charge in [0.1, 0.15) is 12.4 Å². The van der Waals surface area contributed by atoms with Gasteiger partial charge in [-0.3, -0.25) is 0 Å². The van der Waals surface area contributed by atoms with Crippen molar-refractivity contribution in [1.82, 2.24) is 0 Å². The van der Waals surface area contributed by atoms with Gasteiger partial charge in [0, 0.05) is 23.9 Å². The molecule has 1 aliphatic heterocycles. The third-order valence-electron chi connectivity index (χ3n) is 10.4. The van der Waals surface area contributed by atoms with E-state index in [0.29, 0.717) is 13.0 Å². The van der Waals surface area contributed by atoms with Crippen LogP contribution in [0.4, 0.5) is 0 Å². The largest absolute Gasteiger partial charge is 0.544 e. The molecule has 0 spiro atoms. The molecule has 3 aliphatic rings. The van der Waals surface area contributed by atoms with E-state index in [4.69, 9.17) is 28.1 Å². The van der Waals surface area contributed by atoms with Gasteiger partial charge in [0.15, 0.2) is 5.79 Å². The predicted octanol–water partition coefficient (Wildman–Crippen LogP) is 7.74. The molecular formula is C34H62O7Si. The van der Waals surface area contributed by atoms with Crippen LogP contribution in [0, 0.1) is 16.7 Å². The van der Waals surface area contributed by atoms with Crippen molar-refractivity contribution in [2.75, 3.05) is 20.5 Å². The fraction of sp³-hybridized carbons (Fsp3) is 0.882. The molecule has 2 aliphatic carbocycles. The second kappa shape index (κ2) is 11.9. The summed E-state index contributed by atoms with van der Waals surface area (Å²) in [6, 6.07) is 0. The Kier molecular flexibility index (Phi) is 10.1. The summed E-state index contributed by atoms with van der Waals surface area (Å²) in [5, 5.41) is 12.9. The van der Waals surface area contributed by atoms with Crippen molar-refractivity contribution in [3.8, 4) is 0 Å². The first kappa shape index (κ1) is 35.7. The third kappa shape index (κ3) is 7.21. The summed E-state index contributed by atoms with van der Waals surface area (Å²) >= 11 is 0. The summed E-state index contributed by atoms with van der Waals surface area (Å²) in [6.45, 7) is 30.6. The monoisotopic (exact) mass is 610 g/mol. The van der Waals surface area contributed by atoms with Gasteiger partial charge in [-0.2, -0.15) is 0 Å². The minimum Gasteiger partial charge on any atom is -0.544 e. The van der Waals surface area contributed by atoms with Crippen LogP contribution in [0.1, 0.15) is 102 Å². The van der Waals surface area contributed by atoms with E-state index in [1.807, 2.05) is 26.8 Å². The molecule has 0 aromatic heterocycles. The SMILES string of the molecule is COCOC(C[C@]1(C)[C@@H](OC(C)(C)C)CC[C@@H]2OC(C)(C)OC[C@@H]21)C1(O)C(C)=CC(O[Si](C)(C)C(C)(C)C)=CC1(C)C. The lowest BCUT2D eigenvalue weighted by molar-refractivity contribution is -0.331. The highest BCUT2D eigenvalue weighted by molar-refractivity contribution is 6.74. The second-order valence-electron chi connectivity index (χ2n) is 16.8. The van der Waals surface area contributed by atoms with Gasteiger partial charge in [-0.1, -0.05) is 41.5 Å². The minimum atomic E-state index is -2.08. The van der Waals surface area contributed by atoms with Crippen LogP contribution in [0.5, 0.6) is 0 Å². The Labute approximate surface area is 257 Å². The minimum absolute atomic E-state index is 0.0387. The highest BCUT2D eigenvalue weighted by Crippen LogP contribution is 2.55. The highest BCUT2D eigenvalue weighted by atomic mass is 28.4.